The standard InChI is InChI=1S/C11H16N2OS/c1-4-5-10(14)12-6-11-13-9(7-15-11)8(2)3/h4-5,7-8H,6H2,1-3H3,(H,12,14)/b5-4+. The maximum absolute atomic E-state index is 11.1. The van der Waals surface area contributed by atoms with E-state index in [1.54, 1.807) is 17.4 Å². The molecule has 0 spiro atoms. The van der Waals surface area contributed by atoms with Crippen LogP contribution in [0.4, 0.5) is 0 Å². The minimum Gasteiger partial charge on any atom is -0.346 e. The lowest BCUT2D eigenvalue weighted by atomic mass is 10.2. The molecule has 0 unspecified atom stereocenters. The highest BCUT2D eigenvalue weighted by Crippen LogP contribution is 2.17. The van der Waals surface area contributed by atoms with Gasteiger partial charge in [-0.1, -0.05) is 19.9 Å². The first kappa shape index (κ1) is 11.9. The smallest absolute Gasteiger partial charge is 0.243 e. The Labute approximate surface area is 94.2 Å². The van der Waals surface area contributed by atoms with Crippen molar-refractivity contribution in [2.75, 3.05) is 0 Å². The largest absolute Gasteiger partial charge is 0.346 e. The summed E-state index contributed by atoms with van der Waals surface area (Å²) in [5.74, 6) is 0.375. The molecule has 82 valence electrons. The Morgan fingerprint density at radius 2 is 2.40 bits per heavy atom. The summed E-state index contributed by atoms with van der Waals surface area (Å²) in [6.07, 6.45) is 3.23. The topological polar surface area (TPSA) is 42.0 Å². The SMILES string of the molecule is C/C=C/C(=O)NCc1nc(C(C)C)cs1. The number of amides is 1. The molecule has 1 heterocycles. The fourth-order valence-electron chi connectivity index (χ4n) is 1.04. The van der Waals surface area contributed by atoms with E-state index in [0.29, 0.717) is 12.5 Å². The predicted octanol–water partition coefficient (Wildman–Crippen LogP) is 2.46. The van der Waals surface area contributed by atoms with Crippen molar-refractivity contribution in [1.29, 1.82) is 0 Å². The van der Waals surface area contributed by atoms with Crippen LogP contribution in [0.25, 0.3) is 0 Å². The molecule has 0 aliphatic heterocycles. The molecule has 1 aromatic rings. The summed E-state index contributed by atoms with van der Waals surface area (Å²) >= 11 is 1.59. The molecule has 4 heteroatoms. The second kappa shape index (κ2) is 5.66. The lowest BCUT2D eigenvalue weighted by Gasteiger charge is -1.99. The first-order chi connectivity index (χ1) is 7.13. The Kier molecular flexibility index (Phi) is 4.49. The van der Waals surface area contributed by atoms with Gasteiger partial charge < -0.3 is 5.32 Å². The van der Waals surface area contributed by atoms with Crippen molar-refractivity contribution < 1.29 is 4.79 Å². The van der Waals surface area contributed by atoms with E-state index in [0.717, 1.165) is 10.7 Å². The van der Waals surface area contributed by atoms with Gasteiger partial charge in [-0.2, -0.15) is 0 Å². The molecule has 0 aliphatic rings. The van der Waals surface area contributed by atoms with Crippen molar-refractivity contribution in [3.05, 3.63) is 28.2 Å². The number of carbonyl (C=O) groups is 1. The zero-order valence-corrected chi connectivity index (χ0v) is 10.1. The zero-order valence-electron chi connectivity index (χ0n) is 9.28. The summed E-state index contributed by atoms with van der Waals surface area (Å²) in [5.41, 5.74) is 1.09. The van der Waals surface area contributed by atoms with Crippen LogP contribution in [0.3, 0.4) is 0 Å². The third-order valence-corrected chi connectivity index (χ3v) is 2.76. The summed E-state index contributed by atoms with van der Waals surface area (Å²) in [6, 6.07) is 0. The van der Waals surface area contributed by atoms with Crippen LogP contribution in [-0.2, 0) is 11.3 Å². The van der Waals surface area contributed by atoms with Crippen molar-refractivity contribution in [2.45, 2.75) is 33.2 Å². The molecule has 0 radical (unpaired) electrons. The van der Waals surface area contributed by atoms with Crippen molar-refractivity contribution in [2.24, 2.45) is 0 Å². The number of nitrogens with one attached hydrogen (secondary N) is 1. The van der Waals surface area contributed by atoms with E-state index in [4.69, 9.17) is 0 Å². The van der Waals surface area contributed by atoms with Gasteiger partial charge in [0.2, 0.25) is 5.91 Å². The molecule has 1 aromatic heterocycles. The number of allylic oxidation sites excluding steroid dienone is 1. The molecule has 1 N–H and O–H groups in total. The van der Waals surface area contributed by atoms with Crippen LogP contribution >= 0.6 is 11.3 Å². The van der Waals surface area contributed by atoms with Crippen LogP contribution in [-0.4, -0.2) is 10.9 Å². The quantitative estimate of drug-likeness (QED) is 0.798. The maximum atomic E-state index is 11.1. The maximum Gasteiger partial charge on any atom is 0.243 e. The van der Waals surface area contributed by atoms with Gasteiger partial charge in [-0.3, -0.25) is 4.79 Å². The van der Waals surface area contributed by atoms with Crippen molar-refractivity contribution in [3.63, 3.8) is 0 Å². The second-order valence-electron chi connectivity index (χ2n) is 3.54. The zero-order chi connectivity index (χ0) is 11.3. The summed E-state index contributed by atoms with van der Waals surface area (Å²) < 4.78 is 0. The average Bonchev–Trinajstić information content (AvgIpc) is 2.63. The van der Waals surface area contributed by atoms with E-state index in [2.05, 4.69) is 24.1 Å². The van der Waals surface area contributed by atoms with Gasteiger partial charge in [-0.25, -0.2) is 4.98 Å². The van der Waals surface area contributed by atoms with E-state index in [1.807, 2.05) is 12.3 Å². The fourth-order valence-corrected chi connectivity index (χ4v) is 1.94. The summed E-state index contributed by atoms with van der Waals surface area (Å²) in [5, 5.41) is 5.77. The molecular weight excluding hydrogens is 208 g/mol. The minimum atomic E-state index is -0.0706. The molecule has 0 bridgehead atoms. The average molecular weight is 224 g/mol. The monoisotopic (exact) mass is 224 g/mol. The fraction of sp³-hybridized carbons (Fsp3) is 0.455. The normalized spacial score (nSPS) is 11.2. The van der Waals surface area contributed by atoms with Crippen molar-refractivity contribution in [1.82, 2.24) is 10.3 Å². The molecule has 0 saturated heterocycles. The Hall–Kier alpha value is -1.16. The molecule has 1 rings (SSSR count). The van der Waals surface area contributed by atoms with Gasteiger partial charge in [0, 0.05) is 5.38 Å². The van der Waals surface area contributed by atoms with E-state index in [1.165, 1.54) is 6.08 Å². The first-order valence-corrected chi connectivity index (χ1v) is 5.86. The number of carbonyl (C=O) groups excluding carboxylic acids is 1. The molecule has 3 nitrogen and oxygen atoms in total. The molecule has 0 aliphatic carbocycles. The van der Waals surface area contributed by atoms with Gasteiger partial charge in [0.05, 0.1) is 12.2 Å². The molecule has 15 heavy (non-hydrogen) atoms. The Bertz CT molecular complexity index is 355. The third-order valence-electron chi connectivity index (χ3n) is 1.89. The Morgan fingerprint density at radius 3 is 2.93 bits per heavy atom. The molecule has 1 amide bonds. The molecule has 0 saturated carbocycles. The van der Waals surface area contributed by atoms with Crippen LogP contribution in [0.5, 0.6) is 0 Å². The third kappa shape index (κ3) is 3.83. The minimum absolute atomic E-state index is 0.0706. The van der Waals surface area contributed by atoms with Crippen LogP contribution in [0.15, 0.2) is 17.5 Å². The molecular formula is C11H16N2OS. The van der Waals surface area contributed by atoms with E-state index < -0.39 is 0 Å². The highest BCUT2D eigenvalue weighted by Gasteiger charge is 2.05. The van der Waals surface area contributed by atoms with Crippen LogP contribution < -0.4 is 5.32 Å². The van der Waals surface area contributed by atoms with Crippen LogP contribution in [0.2, 0.25) is 0 Å². The molecule has 0 atom stereocenters. The van der Waals surface area contributed by atoms with Crippen molar-refractivity contribution in [3.8, 4) is 0 Å². The summed E-state index contributed by atoms with van der Waals surface area (Å²) in [4.78, 5) is 15.6. The lowest BCUT2D eigenvalue weighted by molar-refractivity contribution is -0.116. The highest BCUT2D eigenvalue weighted by atomic mass is 32.1. The number of rotatable bonds is 4. The van der Waals surface area contributed by atoms with Crippen LogP contribution in [0, 0.1) is 0 Å². The van der Waals surface area contributed by atoms with Gasteiger partial charge in [-0.05, 0) is 18.9 Å². The molecule has 0 fully saturated rings. The second-order valence-corrected chi connectivity index (χ2v) is 4.48. The number of hydrogen-bond acceptors (Lipinski definition) is 3. The molecule has 0 aromatic carbocycles. The first-order valence-electron chi connectivity index (χ1n) is 4.98. The summed E-state index contributed by atoms with van der Waals surface area (Å²) in [7, 11) is 0. The number of thiazole rings is 1. The Morgan fingerprint density at radius 1 is 1.67 bits per heavy atom. The number of hydrogen-bond donors (Lipinski definition) is 1. The lowest BCUT2D eigenvalue weighted by Crippen LogP contribution is -2.20. The van der Waals surface area contributed by atoms with E-state index in [-0.39, 0.29) is 5.91 Å². The van der Waals surface area contributed by atoms with E-state index >= 15 is 0 Å². The predicted molar refractivity (Wildman–Crippen MR) is 62.9 cm³/mol. The Balaban J connectivity index is 2.47. The van der Waals surface area contributed by atoms with Gasteiger partial charge in [-0.15, -0.1) is 11.3 Å². The van der Waals surface area contributed by atoms with Crippen molar-refractivity contribution >= 4 is 17.2 Å². The number of aromatic nitrogens is 1. The summed E-state index contributed by atoms with van der Waals surface area (Å²) in [6.45, 7) is 6.55. The number of nitrogens with zero attached hydrogens (tertiary/aromatic N) is 1. The van der Waals surface area contributed by atoms with Gasteiger partial charge in [0.25, 0.3) is 0 Å². The van der Waals surface area contributed by atoms with Gasteiger partial charge in [0.1, 0.15) is 5.01 Å². The van der Waals surface area contributed by atoms with Gasteiger partial charge in [0.15, 0.2) is 0 Å². The highest BCUT2D eigenvalue weighted by molar-refractivity contribution is 7.09. The van der Waals surface area contributed by atoms with Crippen LogP contribution in [0.1, 0.15) is 37.4 Å². The van der Waals surface area contributed by atoms with E-state index in [9.17, 15) is 4.79 Å². The van der Waals surface area contributed by atoms with Gasteiger partial charge >= 0.3 is 0 Å².